The molecule has 0 bridgehead atoms. The molecule has 2 aromatic rings. The second kappa shape index (κ2) is 10.9. The van der Waals surface area contributed by atoms with Gasteiger partial charge in [-0.3, -0.25) is 9.69 Å². The van der Waals surface area contributed by atoms with Crippen LogP contribution in [-0.4, -0.2) is 79.0 Å². The van der Waals surface area contributed by atoms with Crippen LogP contribution in [0.15, 0.2) is 54.6 Å². The molecule has 0 aromatic heterocycles. The van der Waals surface area contributed by atoms with E-state index in [0.717, 1.165) is 25.1 Å². The summed E-state index contributed by atoms with van der Waals surface area (Å²) in [5, 5.41) is 10.4. The van der Waals surface area contributed by atoms with Crippen molar-refractivity contribution in [2.24, 2.45) is 5.92 Å². The van der Waals surface area contributed by atoms with E-state index in [-0.39, 0.29) is 24.4 Å². The molecule has 1 saturated carbocycles. The maximum Gasteiger partial charge on any atom is 0.253 e. The van der Waals surface area contributed by atoms with E-state index < -0.39 is 6.10 Å². The van der Waals surface area contributed by atoms with Crippen LogP contribution in [0.2, 0.25) is 0 Å². The van der Waals surface area contributed by atoms with Crippen molar-refractivity contribution in [3.8, 4) is 5.75 Å². The number of hydrogen-bond donors (Lipinski definition) is 1. The number of amides is 1. The molecule has 0 unspecified atom stereocenters. The first-order chi connectivity index (χ1) is 15.6. The average Bonchev–Trinajstić information content (AvgIpc) is 3.62. The van der Waals surface area contributed by atoms with Crippen LogP contribution in [0.1, 0.15) is 23.2 Å². The summed E-state index contributed by atoms with van der Waals surface area (Å²) >= 11 is 0. The maximum atomic E-state index is 13.3. The van der Waals surface area contributed by atoms with E-state index in [4.69, 9.17) is 9.47 Å². The first-order valence-electron chi connectivity index (χ1n) is 11.3. The van der Waals surface area contributed by atoms with Crippen molar-refractivity contribution >= 4 is 5.91 Å². The van der Waals surface area contributed by atoms with Crippen LogP contribution in [0.25, 0.3) is 0 Å². The number of rotatable bonds is 10. The average molecular weight is 443 g/mol. The van der Waals surface area contributed by atoms with E-state index in [9.17, 15) is 14.3 Å². The second-order valence-corrected chi connectivity index (χ2v) is 8.69. The molecule has 7 heteroatoms. The van der Waals surface area contributed by atoms with Crippen molar-refractivity contribution in [1.29, 1.82) is 0 Å². The van der Waals surface area contributed by atoms with Crippen LogP contribution in [0.3, 0.4) is 0 Å². The summed E-state index contributed by atoms with van der Waals surface area (Å²) in [5.74, 6) is 0.836. The molecule has 32 heavy (non-hydrogen) atoms. The standard InChI is InChI=1S/C25H31FN2O4/c26-21-10-8-20(9-11-21)25(30)28(14-19-6-7-19)17-24-16-27(12-13-31-24)15-22(29)18-32-23-4-2-1-3-5-23/h1-5,8-11,19,22,24,29H,6-7,12-18H2/t22-,24-/m0/s1. The van der Waals surface area contributed by atoms with Gasteiger partial charge < -0.3 is 19.5 Å². The monoisotopic (exact) mass is 442 g/mol. The molecule has 2 fully saturated rings. The van der Waals surface area contributed by atoms with E-state index in [2.05, 4.69) is 4.90 Å². The van der Waals surface area contributed by atoms with Gasteiger partial charge in [-0.15, -0.1) is 0 Å². The molecular weight excluding hydrogens is 411 g/mol. The summed E-state index contributed by atoms with van der Waals surface area (Å²) in [4.78, 5) is 17.0. The molecule has 172 valence electrons. The molecule has 1 aliphatic heterocycles. The van der Waals surface area contributed by atoms with Gasteiger partial charge in [0.15, 0.2) is 0 Å². The molecule has 0 spiro atoms. The summed E-state index contributed by atoms with van der Waals surface area (Å²) in [6.07, 6.45) is 1.53. The van der Waals surface area contributed by atoms with Gasteiger partial charge in [0.05, 0.1) is 12.7 Å². The summed E-state index contributed by atoms with van der Waals surface area (Å²) in [5.41, 5.74) is 0.494. The molecule has 0 radical (unpaired) electrons. The Kier molecular flexibility index (Phi) is 7.73. The van der Waals surface area contributed by atoms with E-state index in [1.54, 1.807) is 0 Å². The van der Waals surface area contributed by atoms with Crippen LogP contribution >= 0.6 is 0 Å². The van der Waals surface area contributed by atoms with Gasteiger partial charge in [0.25, 0.3) is 5.91 Å². The smallest absolute Gasteiger partial charge is 0.253 e. The van der Waals surface area contributed by atoms with Gasteiger partial charge in [0, 0.05) is 38.3 Å². The molecule has 1 amide bonds. The minimum atomic E-state index is -0.614. The molecule has 4 rings (SSSR count). The minimum absolute atomic E-state index is 0.0890. The normalized spacial score (nSPS) is 20.0. The quantitative estimate of drug-likeness (QED) is 0.613. The number of aliphatic hydroxyl groups is 1. The summed E-state index contributed by atoms with van der Waals surface area (Å²) in [6.45, 7) is 3.82. The molecule has 1 N–H and O–H groups in total. The van der Waals surface area contributed by atoms with E-state index in [1.165, 1.54) is 24.3 Å². The molecule has 1 saturated heterocycles. The fourth-order valence-electron chi connectivity index (χ4n) is 3.99. The predicted molar refractivity (Wildman–Crippen MR) is 119 cm³/mol. The van der Waals surface area contributed by atoms with Crippen molar-refractivity contribution in [2.45, 2.75) is 25.0 Å². The fraction of sp³-hybridized carbons (Fsp3) is 0.480. The largest absolute Gasteiger partial charge is 0.491 e. The SMILES string of the molecule is O=C(c1ccc(F)cc1)N(CC1CC1)C[C@@H]1CN(C[C@H](O)COc2ccccc2)CCO1. The Bertz CT molecular complexity index is 860. The third-order valence-corrected chi connectivity index (χ3v) is 5.86. The Labute approximate surface area is 188 Å². The van der Waals surface area contributed by atoms with Gasteiger partial charge >= 0.3 is 0 Å². The van der Waals surface area contributed by atoms with Crippen molar-refractivity contribution < 1.29 is 23.8 Å². The van der Waals surface area contributed by atoms with Crippen molar-refractivity contribution in [1.82, 2.24) is 9.80 Å². The first kappa shape index (κ1) is 22.7. The van der Waals surface area contributed by atoms with Crippen molar-refractivity contribution in [2.75, 3.05) is 45.9 Å². The van der Waals surface area contributed by atoms with Gasteiger partial charge in [-0.1, -0.05) is 18.2 Å². The number of benzene rings is 2. The van der Waals surface area contributed by atoms with Crippen LogP contribution in [0, 0.1) is 11.7 Å². The lowest BCUT2D eigenvalue weighted by Gasteiger charge is -2.36. The Morgan fingerprint density at radius 1 is 1.16 bits per heavy atom. The topological polar surface area (TPSA) is 62.2 Å². The highest BCUT2D eigenvalue weighted by molar-refractivity contribution is 5.94. The lowest BCUT2D eigenvalue weighted by molar-refractivity contribution is -0.0538. The number of halogens is 1. The van der Waals surface area contributed by atoms with Crippen molar-refractivity contribution in [3.05, 3.63) is 66.0 Å². The molecule has 1 heterocycles. The number of morpholine rings is 1. The van der Waals surface area contributed by atoms with Crippen LogP contribution in [0.5, 0.6) is 5.75 Å². The molecular formula is C25H31FN2O4. The second-order valence-electron chi connectivity index (χ2n) is 8.69. The van der Waals surface area contributed by atoms with Gasteiger partial charge in [0.2, 0.25) is 0 Å². The van der Waals surface area contributed by atoms with E-state index in [1.807, 2.05) is 35.2 Å². The number of ether oxygens (including phenoxy) is 2. The molecule has 2 atom stereocenters. The number of β-amino-alcohol motifs (C(OH)–C–C–N with tert-alkyl or cyclic N) is 1. The van der Waals surface area contributed by atoms with Gasteiger partial charge in [-0.05, 0) is 55.2 Å². The lowest BCUT2D eigenvalue weighted by atomic mass is 10.1. The van der Waals surface area contributed by atoms with Crippen LogP contribution in [-0.2, 0) is 4.74 Å². The third-order valence-electron chi connectivity index (χ3n) is 5.86. The summed E-state index contributed by atoms with van der Waals surface area (Å²) in [7, 11) is 0. The number of nitrogens with zero attached hydrogens (tertiary/aromatic N) is 2. The first-order valence-corrected chi connectivity index (χ1v) is 11.3. The number of para-hydroxylation sites is 1. The molecule has 1 aliphatic carbocycles. The number of hydrogen-bond acceptors (Lipinski definition) is 5. The zero-order chi connectivity index (χ0) is 22.3. The number of carbonyl (C=O) groups is 1. The highest BCUT2D eigenvalue weighted by Gasteiger charge is 2.31. The Hall–Kier alpha value is -2.48. The summed E-state index contributed by atoms with van der Waals surface area (Å²) < 4.78 is 24.9. The molecule has 2 aliphatic rings. The Balaban J connectivity index is 1.29. The fourth-order valence-corrected chi connectivity index (χ4v) is 3.99. The number of carbonyl (C=O) groups excluding carboxylic acids is 1. The van der Waals surface area contributed by atoms with Gasteiger partial charge in [-0.2, -0.15) is 0 Å². The zero-order valence-corrected chi connectivity index (χ0v) is 18.2. The Morgan fingerprint density at radius 2 is 1.91 bits per heavy atom. The van der Waals surface area contributed by atoms with Crippen molar-refractivity contribution in [3.63, 3.8) is 0 Å². The third kappa shape index (κ3) is 6.76. The van der Waals surface area contributed by atoms with Crippen LogP contribution in [0.4, 0.5) is 4.39 Å². The van der Waals surface area contributed by atoms with Gasteiger partial charge in [0.1, 0.15) is 24.3 Å². The van der Waals surface area contributed by atoms with Crippen LogP contribution < -0.4 is 4.74 Å². The Morgan fingerprint density at radius 3 is 2.62 bits per heavy atom. The minimum Gasteiger partial charge on any atom is -0.491 e. The molecule has 2 aromatic carbocycles. The highest BCUT2D eigenvalue weighted by atomic mass is 19.1. The van der Waals surface area contributed by atoms with Gasteiger partial charge in [-0.25, -0.2) is 4.39 Å². The molecule has 6 nitrogen and oxygen atoms in total. The number of aliphatic hydroxyl groups excluding tert-OH is 1. The zero-order valence-electron chi connectivity index (χ0n) is 18.2. The van der Waals surface area contributed by atoms with E-state index >= 15 is 0 Å². The predicted octanol–water partition coefficient (Wildman–Crippen LogP) is 2.82. The highest BCUT2D eigenvalue weighted by Crippen LogP contribution is 2.30. The lowest BCUT2D eigenvalue weighted by Crippen LogP contribution is -2.51. The van der Waals surface area contributed by atoms with E-state index in [0.29, 0.717) is 44.3 Å². The summed E-state index contributed by atoms with van der Waals surface area (Å²) in [6, 6.07) is 15.2. The maximum absolute atomic E-state index is 13.3.